The Hall–Kier alpha value is -3.04. The Morgan fingerprint density at radius 3 is 2.71 bits per heavy atom. The van der Waals surface area contributed by atoms with Gasteiger partial charge in [0.05, 0.1) is 24.6 Å². The van der Waals surface area contributed by atoms with E-state index in [2.05, 4.69) is 41.4 Å². The van der Waals surface area contributed by atoms with Crippen LogP contribution in [0.3, 0.4) is 0 Å². The summed E-state index contributed by atoms with van der Waals surface area (Å²) in [5.41, 5.74) is 4.35. The average molecular weight is 512 g/mol. The van der Waals surface area contributed by atoms with Crippen LogP contribution in [-0.4, -0.2) is 69.4 Å². The molecule has 3 atom stereocenters. The predicted octanol–water partition coefficient (Wildman–Crippen LogP) is 2.74. The zero-order valence-corrected chi connectivity index (χ0v) is 22.3. The quantitative estimate of drug-likeness (QED) is 0.462. The summed E-state index contributed by atoms with van der Waals surface area (Å²) in [6, 6.07) is 9.57. The Labute approximate surface area is 224 Å². The minimum Gasteiger partial charge on any atom is -0.490 e. The van der Waals surface area contributed by atoms with Gasteiger partial charge in [0.25, 0.3) is 0 Å². The topological polar surface area (TPSA) is 78.0 Å². The summed E-state index contributed by atoms with van der Waals surface area (Å²) in [7, 11) is 8.45. The van der Waals surface area contributed by atoms with Gasteiger partial charge in [-0.3, -0.25) is 0 Å². The van der Waals surface area contributed by atoms with Crippen molar-refractivity contribution < 1.29 is 18.9 Å². The van der Waals surface area contributed by atoms with Gasteiger partial charge in [0.1, 0.15) is 43.9 Å². The third kappa shape index (κ3) is 3.90. The van der Waals surface area contributed by atoms with Gasteiger partial charge >= 0.3 is 6.01 Å². The molecule has 9 heteroatoms. The molecule has 3 aromatic rings. The van der Waals surface area contributed by atoms with Crippen LogP contribution in [0.4, 0.5) is 5.82 Å². The number of anilines is 1. The molecule has 3 fully saturated rings. The van der Waals surface area contributed by atoms with Gasteiger partial charge in [0.2, 0.25) is 0 Å². The number of ether oxygens (including phenoxy) is 4. The Morgan fingerprint density at radius 1 is 1.13 bits per heavy atom. The minimum absolute atomic E-state index is 0.0473. The second kappa shape index (κ2) is 9.02. The molecule has 196 valence electrons. The highest BCUT2D eigenvalue weighted by Crippen LogP contribution is 2.48. The van der Waals surface area contributed by atoms with Crippen molar-refractivity contribution in [3.05, 3.63) is 41.0 Å². The van der Waals surface area contributed by atoms with Crippen molar-refractivity contribution in [2.45, 2.75) is 57.8 Å². The number of piperazine rings is 1. The lowest BCUT2D eigenvalue weighted by Gasteiger charge is -2.35. The zero-order chi connectivity index (χ0) is 26.0. The fourth-order valence-electron chi connectivity index (χ4n) is 6.27. The van der Waals surface area contributed by atoms with E-state index in [1.807, 2.05) is 6.92 Å². The highest BCUT2D eigenvalue weighted by molar-refractivity contribution is 6.37. The van der Waals surface area contributed by atoms with Crippen LogP contribution < -0.4 is 29.9 Å². The molecule has 1 N–H and O–H groups in total. The van der Waals surface area contributed by atoms with Gasteiger partial charge in [-0.25, -0.2) is 0 Å². The molecule has 2 bridgehead atoms. The van der Waals surface area contributed by atoms with Crippen LogP contribution in [0.15, 0.2) is 24.3 Å². The fraction of sp³-hybridized carbons (Fsp3) is 0.517. The van der Waals surface area contributed by atoms with E-state index >= 15 is 0 Å². The summed E-state index contributed by atoms with van der Waals surface area (Å²) < 4.78 is 24.6. The van der Waals surface area contributed by atoms with E-state index in [-0.39, 0.29) is 11.5 Å². The van der Waals surface area contributed by atoms with Crippen LogP contribution in [0.5, 0.6) is 17.5 Å². The molecular formula is C29H33BN4O4. The summed E-state index contributed by atoms with van der Waals surface area (Å²) in [5.74, 6) is 2.16. The van der Waals surface area contributed by atoms with Gasteiger partial charge in [-0.15, -0.1) is 0 Å². The van der Waals surface area contributed by atoms with Crippen LogP contribution in [0, 0.1) is 19.3 Å². The summed E-state index contributed by atoms with van der Waals surface area (Å²) >= 11 is 0. The maximum atomic E-state index is 6.72. The average Bonchev–Trinajstić information content (AvgIpc) is 3.45. The number of nitrogens with zero attached hydrogens (tertiary/aromatic N) is 3. The Bertz CT molecular complexity index is 1390. The fourth-order valence-corrected chi connectivity index (χ4v) is 6.27. The minimum atomic E-state index is 0.0473. The lowest BCUT2D eigenvalue weighted by atomic mass is 9.87. The van der Waals surface area contributed by atoms with Crippen LogP contribution in [0.1, 0.15) is 36.0 Å². The summed E-state index contributed by atoms with van der Waals surface area (Å²) in [6.45, 7) is 7.14. The van der Waals surface area contributed by atoms with Gasteiger partial charge in [0.15, 0.2) is 0 Å². The first-order chi connectivity index (χ1) is 18.5. The van der Waals surface area contributed by atoms with E-state index in [0.717, 1.165) is 53.9 Å². The number of benzene rings is 2. The van der Waals surface area contributed by atoms with Crippen molar-refractivity contribution in [3.63, 3.8) is 0 Å². The van der Waals surface area contributed by atoms with Crippen molar-refractivity contribution in [2.24, 2.45) is 5.41 Å². The number of rotatable bonds is 8. The summed E-state index contributed by atoms with van der Waals surface area (Å²) in [6.07, 6.45) is 3.24. The molecule has 0 spiro atoms. The molecule has 7 rings (SSSR count). The highest BCUT2D eigenvalue weighted by Gasteiger charge is 2.49. The summed E-state index contributed by atoms with van der Waals surface area (Å²) in [5, 5.41) is 4.50. The van der Waals surface area contributed by atoms with Gasteiger partial charge < -0.3 is 29.2 Å². The standard InChI is InChI=1S/C29H33BN4O4/c1-16-4-6-18(7-5-16)12-36-26-23(30)17(2)25-22-24(26)32-28(38-15-29(8-9-29)14-35-3)33-27(22)34-19-10-20(31-11-19)21(34)13-37-25/h4-7,19-21,31H,8-15H2,1-3H3. The normalized spacial score (nSPS) is 24.2. The third-order valence-corrected chi connectivity index (χ3v) is 8.72. The molecule has 3 aliphatic heterocycles. The molecule has 2 aromatic carbocycles. The predicted molar refractivity (Wildman–Crippen MR) is 146 cm³/mol. The second-order valence-corrected chi connectivity index (χ2v) is 11.4. The number of fused-ring (bicyclic) bond motifs is 6. The van der Waals surface area contributed by atoms with Crippen LogP contribution in [0.2, 0.25) is 0 Å². The number of aromatic nitrogens is 2. The third-order valence-electron chi connectivity index (χ3n) is 8.72. The van der Waals surface area contributed by atoms with E-state index in [0.29, 0.717) is 61.3 Å². The SMILES string of the molecule is [B]c1c(C)c2c3c(nc(OCC4(COC)CC4)nc3c1OCc1ccc(C)cc1)N1C3CNC(C3)C1CO2. The molecule has 1 aliphatic carbocycles. The molecule has 3 unspecified atom stereocenters. The van der Waals surface area contributed by atoms with E-state index in [9.17, 15) is 0 Å². The largest absolute Gasteiger partial charge is 0.490 e. The number of aryl methyl sites for hydroxylation is 1. The van der Waals surface area contributed by atoms with Gasteiger partial charge in [-0.2, -0.15) is 9.97 Å². The van der Waals surface area contributed by atoms with E-state index in [1.165, 1.54) is 5.56 Å². The molecule has 2 radical (unpaired) electrons. The molecule has 38 heavy (non-hydrogen) atoms. The van der Waals surface area contributed by atoms with Crippen molar-refractivity contribution in [3.8, 4) is 17.5 Å². The van der Waals surface area contributed by atoms with E-state index in [4.69, 9.17) is 36.8 Å². The molecule has 1 aromatic heterocycles. The van der Waals surface area contributed by atoms with E-state index in [1.54, 1.807) is 7.11 Å². The maximum Gasteiger partial charge on any atom is 0.319 e. The van der Waals surface area contributed by atoms with Crippen molar-refractivity contribution in [2.75, 3.05) is 38.4 Å². The van der Waals surface area contributed by atoms with Gasteiger partial charge in [-0.05, 0) is 49.7 Å². The highest BCUT2D eigenvalue weighted by atomic mass is 16.5. The lowest BCUT2D eigenvalue weighted by molar-refractivity contribution is 0.101. The summed E-state index contributed by atoms with van der Waals surface area (Å²) in [4.78, 5) is 12.4. The van der Waals surface area contributed by atoms with Crippen LogP contribution in [-0.2, 0) is 11.3 Å². The number of hydrogen-bond donors (Lipinski definition) is 1. The first-order valence-corrected chi connectivity index (χ1v) is 13.5. The van der Waals surface area contributed by atoms with Crippen molar-refractivity contribution in [1.29, 1.82) is 0 Å². The van der Waals surface area contributed by atoms with Crippen LogP contribution >= 0.6 is 0 Å². The molecule has 2 saturated heterocycles. The Morgan fingerprint density at radius 2 is 1.95 bits per heavy atom. The van der Waals surface area contributed by atoms with Crippen LogP contribution in [0.25, 0.3) is 10.9 Å². The van der Waals surface area contributed by atoms with Gasteiger partial charge in [0, 0.05) is 31.2 Å². The van der Waals surface area contributed by atoms with Crippen molar-refractivity contribution >= 4 is 30.0 Å². The maximum absolute atomic E-state index is 6.72. The Kier molecular flexibility index (Phi) is 5.71. The first kappa shape index (κ1) is 24.0. The number of methoxy groups -OCH3 is 1. The van der Waals surface area contributed by atoms with Crippen molar-refractivity contribution in [1.82, 2.24) is 15.3 Å². The Balaban J connectivity index is 1.35. The molecular weight excluding hydrogens is 479 g/mol. The van der Waals surface area contributed by atoms with E-state index < -0.39 is 0 Å². The monoisotopic (exact) mass is 512 g/mol. The first-order valence-electron chi connectivity index (χ1n) is 13.5. The molecule has 4 aliphatic rings. The lowest BCUT2D eigenvalue weighted by Crippen LogP contribution is -2.53. The van der Waals surface area contributed by atoms with Gasteiger partial charge in [-0.1, -0.05) is 29.8 Å². The second-order valence-electron chi connectivity index (χ2n) is 11.4. The smallest absolute Gasteiger partial charge is 0.319 e. The zero-order valence-electron chi connectivity index (χ0n) is 22.3. The molecule has 8 nitrogen and oxygen atoms in total. The molecule has 4 heterocycles. The number of hydrogen-bond acceptors (Lipinski definition) is 8. The molecule has 0 amide bonds. The number of nitrogens with one attached hydrogen (secondary N) is 1. The molecule has 1 saturated carbocycles.